The molecule has 87 heavy (non-hydrogen) atoms. The number of allylic oxidation sites excluding steroid dienone is 26. The molecule has 0 amide bonds. The largest absolute Gasteiger partial charge is 0.472 e. The second-order valence-electron chi connectivity index (χ2n) is 22.6. The van der Waals surface area contributed by atoms with Crippen LogP contribution in [-0.2, 0) is 32.7 Å². The number of phosphoric acid groups is 1. The molecule has 10 heteroatoms. The van der Waals surface area contributed by atoms with Gasteiger partial charge in [-0.3, -0.25) is 18.6 Å². The first kappa shape index (κ1) is 82.6. The third kappa shape index (κ3) is 70.6. The lowest BCUT2D eigenvalue weighted by molar-refractivity contribution is -0.161. The van der Waals surface area contributed by atoms with Crippen LogP contribution in [-0.4, -0.2) is 49.3 Å². The number of rotatable bonds is 64. The molecule has 0 aliphatic rings. The fraction of sp³-hybridized carbons (Fsp3) is 0.636. The Balaban J connectivity index is 3.94. The Kier molecular flexibility index (Phi) is 67.2. The predicted octanol–water partition coefficient (Wildman–Crippen LogP) is 23.2. The van der Waals surface area contributed by atoms with E-state index in [9.17, 15) is 19.0 Å². The lowest BCUT2D eigenvalue weighted by Gasteiger charge is -2.19. The minimum Gasteiger partial charge on any atom is -0.462 e. The van der Waals surface area contributed by atoms with Crippen molar-refractivity contribution in [2.45, 2.75) is 290 Å². The highest BCUT2D eigenvalue weighted by Gasteiger charge is 2.26. The molecule has 494 valence electrons. The lowest BCUT2D eigenvalue weighted by Crippen LogP contribution is -2.29. The van der Waals surface area contributed by atoms with Gasteiger partial charge in [0.05, 0.1) is 13.2 Å². The van der Waals surface area contributed by atoms with Gasteiger partial charge in [0, 0.05) is 19.4 Å². The molecule has 0 saturated carbocycles. The first-order chi connectivity index (χ1) is 42.8. The number of hydrogen-bond acceptors (Lipinski definition) is 8. The fourth-order valence-corrected chi connectivity index (χ4v) is 10.1. The van der Waals surface area contributed by atoms with Gasteiger partial charge in [-0.2, -0.15) is 0 Å². The quantitative estimate of drug-likeness (QED) is 0.0264. The molecule has 2 unspecified atom stereocenters. The van der Waals surface area contributed by atoms with Crippen molar-refractivity contribution in [1.29, 1.82) is 0 Å². The second-order valence-corrected chi connectivity index (χ2v) is 24.1. The van der Waals surface area contributed by atoms with Crippen LogP contribution in [0.5, 0.6) is 0 Å². The van der Waals surface area contributed by atoms with Crippen molar-refractivity contribution in [1.82, 2.24) is 0 Å². The predicted molar refractivity (Wildman–Crippen MR) is 376 cm³/mol. The van der Waals surface area contributed by atoms with Gasteiger partial charge in [-0.25, -0.2) is 4.57 Å². The highest BCUT2D eigenvalue weighted by molar-refractivity contribution is 7.47. The second kappa shape index (κ2) is 70.7. The zero-order valence-electron chi connectivity index (χ0n) is 55.4. The summed E-state index contributed by atoms with van der Waals surface area (Å²) in [7, 11) is -4.40. The number of carbonyl (C=O) groups excluding carboxylic acids is 2. The first-order valence-corrected chi connectivity index (χ1v) is 36.5. The lowest BCUT2D eigenvalue weighted by atomic mass is 10.0. The molecule has 0 saturated heterocycles. The number of phosphoric ester groups is 1. The summed E-state index contributed by atoms with van der Waals surface area (Å²) in [6.45, 7) is 3.52. The van der Waals surface area contributed by atoms with E-state index in [0.29, 0.717) is 6.42 Å². The van der Waals surface area contributed by atoms with Crippen molar-refractivity contribution < 1.29 is 37.6 Å². The van der Waals surface area contributed by atoms with E-state index in [4.69, 9.17) is 24.3 Å². The fourth-order valence-electron chi connectivity index (χ4n) is 9.33. The summed E-state index contributed by atoms with van der Waals surface area (Å²) in [4.78, 5) is 35.4. The van der Waals surface area contributed by atoms with Gasteiger partial charge in [-0.15, -0.1) is 0 Å². The SMILES string of the molecule is CC/C=C\C/C=C\C/C=C\C/C=C\C/C=C\C/C=C\C/C=C\C/C=C\C/C=C\CCCCCCCCCCCCCC(=O)OC(COC(=O)CCCCCCCCCCCCCCCC/C=C\C/C=C\C/C=C\C/C=C\CC)COP(=O)(O)OCCN. The van der Waals surface area contributed by atoms with Crippen molar-refractivity contribution in [2.24, 2.45) is 5.73 Å². The molecule has 0 bridgehead atoms. The Morgan fingerprint density at radius 2 is 0.598 bits per heavy atom. The van der Waals surface area contributed by atoms with Crippen LogP contribution in [0.15, 0.2) is 158 Å². The van der Waals surface area contributed by atoms with Crippen molar-refractivity contribution in [3.63, 3.8) is 0 Å². The highest BCUT2D eigenvalue weighted by atomic mass is 31.2. The monoisotopic (exact) mass is 1230 g/mol. The Labute approximate surface area is 534 Å². The first-order valence-electron chi connectivity index (χ1n) is 35.0. The average Bonchev–Trinajstić information content (AvgIpc) is 3.64. The molecule has 0 radical (unpaired) electrons. The number of unbranched alkanes of at least 4 members (excludes halogenated alkanes) is 25. The third-order valence-electron chi connectivity index (χ3n) is 14.4. The van der Waals surface area contributed by atoms with E-state index in [2.05, 4.69) is 172 Å². The zero-order valence-corrected chi connectivity index (χ0v) is 56.3. The van der Waals surface area contributed by atoms with E-state index in [0.717, 1.165) is 128 Å². The number of nitrogens with two attached hydrogens (primary N) is 1. The summed E-state index contributed by atoms with van der Waals surface area (Å²) in [6, 6.07) is 0. The summed E-state index contributed by atoms with van der Waals surface area (Å²) >= 11 is 0. The van der Waals surface area contributed by atoms with Gasteiger partial charge in [0.15, 0.2) is 6.10 Å². The van der Waals surface area contributed by atoms with Crippen LogP contribution in [0.3, 0.4) is 0 Å². The molecular weight excluding hydrogens is 1100 g/mol. The van der Waals surface area contributed by atoms with E-state index in [1.165, 1.54) is 122 Å². The third-order valence-corrected chi connectivity index (χ3v) is 15.4. The minimum absolute atomic E-state index is 0.0466. The molecule has 0 aromatic rings. The number of esters is 2. The number of ether oxygens (including phenoxy) is 2. The Bertz CT molecular complexity index is 1980. The minimum atomic E-state index is -4.40. The summed E-state index contributed by atoms with van der Waals surface area (Å²) in [6.07, 6.45) is 103. The van der Waals surface area contributed by atoms with Crippen molar-refractivity contribution >= 4 is 19.8 Å². The molecule has 0 heterocycles. The summed E-state index contributed by atoms with van der Waals surface area (Å²) in [5.74, 6) is -0.834. The van der Waals surface area contributed by atoms with Crippen LogP contribution in [0.2, 0.25) is 0 Å². The van der Waals surface area contributed by atoms with Crippen LogP contribution in [0.1, 0.15) is 284 Å². The van der Waals surface area contributed by atoms with Crippen LogP contribution < -0.4 is 5.73 Å². The number of carbonyl (C=O) groups is 2. The van der Waals surface area contributed by atoms with Gasteiger partial charge in [0.2, 0.25) is 0 Å². The molecule has 0 aliphatic heterocycles. The van der Waals surface area contributed by atoms with Gasteiger partial charge in [-0.1, -0.05) is 307 Å². The van der Waals surface area contributed by atoms with E-state index in [1.807, 2.05) is 0 Å². The maximum absolute atomic E-state index is 12.8. The van der Waals surface area contributed by atoms with Gasteiger partial charge in [0.1, 0.15) is 6.61 Å². The molecule has 3 N–H and O–H groups in total. The molecule has 0 fully saturated rings. The summed E-state index contributed by atoms with van der Waals surface area (Å²) in [5.41, 5.74) is 5.40. The normalized spacial score (nSPS) is 13.9. The van der Waals surface area contributed by atoms with Gasteiger partial charge in [-0.05, 0) is 122 Å². The standard InChI is InChI=1S/C77H128NO8P/c1-3-5-7-9-11-13-15-17-19-21-23-25-27-29-31-32-33-34-35-36-37-38-39-40-41-42-44-46-48-50-52-54-56-58-60-62-64-66-68-70-77(80)86-75(74-85-87(81,82)84-72-71-78)73-83-76(79)69-67-65-63-61-59-57-55-53-51-49-47-45-43-30-28-26-24-22-20-18-16-14-12-10-8-6-4-2/h5-8,11-14,17-20,23-26,29,31,33-34,36-37,39-40,42,44,75H,3-4,9-10,15-16,21-22,27-28,30,32,35,38,41,43,45-74,78H2,1-2H3,(H,81,82)/b7-5-,8-6-,13-11-,14-12-,19-17-,20-18-,25-23-,26-24-,31-29-,34-33-,37-36-,40-39-,44-42-. The van der Waals surface area contributed by atoms with E-state index >= 15 is 0 Å². The molecule has 0 aromatic heterocycles. The maximum atomic E-state index is 12.8. The van der Waals surface area contributed by atoms with E-state index < -0.39 is 26.5 Å². The molecular formula is C77H128NO8P. The van der Waals surface area contributed by atoms with Gasteiger partial charge < -0.3 is 20.1 Å². The van der Waals surface area contributed by atoms with Crippen LogP contribution in [0.25, 0.3) is 0 Å². The Morgan fingerprint density at radius 1 is 0.345 bits per heavy atom. The van der Waals surface area contributed by atoms with Crippen LogP contribution >= 0.6 is 7.82 Å². The molecule has 0 aliphatic carbocycles. The number of hydrogen-bond donors (Lipinski definition) is 2. The summed E-state index contributed by atoms with van der Waals surface area (Å²) < 4.78 is 33.2. The molecule has 0 spiro atoms. The van der Waals surface area contributed by atoms with Gasteiger partial charge >= 0.3 is 19.8 Å². The maximum Gasteiger partial charge on any atom is 0.472 e. The summed E-state index contributed by atoms with van der Waals surface area (Å²) in [5, 5.41) is 0. The topological polar surface area (TPSA) is 134 Å². The zero-order chi connectivity index (χ0) is 63.0. The van der Waals surface area contributed by atoms with Crippen molar-refractivity contribution in [3.05, 3.63) is 158 Å². The Morgan fingerprint density at radius 3 is 0.885 bits per heavy atom. The van der Waals surface area contributed by atoms with Crippen LogP contribution in [0, 0.1) is 0 Å². The average molecular weight is 1230 g/mol. The van der Waals surface area contributed by atoms with Crippen molar-refractivity contribution in [2.75, 3.05) is 26.4 Å². The van der Waals surface area contributed by atoms with E-state index in [-0.39, 0.29) is 38.6 Å². The van der Waals surface area contributed by atoms with Crippen molar-refractivity contribution in [3.8, 4) is 0 Å². The van der Waals surface area contributed by atoms with E-state index in [1.54, 1.807) is 0 Å². The molecule has 9 nitrogen and oxygen atoms in total. The Hall–Kier alpha value is -4.37. The van der Waals surface area contributed by atoms with Crippen LogP contribution in [0.4, 0.5) is 0 Å². The molecule has 0 aromatic carbocycles. The molecule has 2 atom stereocenters. The molecule has 0 rings (SSSR count). The smallest absolute Gasteiger partial charge is 0.462 e. The highest BCUT2D eigenvalue weighted by Crippen LogP contribution is 2.43. The van der Waals surface area contributed by atoms with Gasteiger partial charge in [0.25, 0.3) is 0 Å².